The first-order valence-corrected chi connectivity index (χ1v) is 8.48. The second-order valence-corrected chi connectivity index (χ2v) is 6.54. The molecule has 0 unspecified atom stereocenters. The van der Waals surface area contributed by atoms with Gasteiger partial charge in [-0.15, -0.1) is 0 Å². The number of non-ortho nitro benzene ring substituents is 3. The Morgan fingerprint density at radius 1 is 0.517 bits per heavy atom. The van der Waals surface area contributed by atoms with Crippen molar-refractivity contribution < 1.29 is 14.8 Å². The zero-order valence-corrected chi connectivity index (χ0v) is 15.2. The van der Waals surface area contributed by atoms with E-state index >= 15 is 0 Å². The van der Waals surface area contributed by atoms with Crippen molar-refractivity contribution in [3.63, 3.8) is 0 Å². The summed E-state index contributed by atoms with van der Waals surface area (Å²) < 4.78 is 0. The van der Waals surface area contributed by atoms with Crippen molar-refractivity contribution in [1.29, 1.82) is 0 Å². The van der Waals surface area contributed by atoms with Crippen LogP contribution in [-0.2, 0) is 5.41 Å². The monoisotopic (exact) mass is 393 g/mol. The van der Waals surface area contributed by atoms with E-state index in [1.807, 2.05) is 6.92 Å². The van der Waals surface area contributed by atoms with Gasteiger partial charge in [0.2, 0.25) is 0 Å². The van der Waals surface area contributed by atoms with Crippen molar-refractivity contribution >= 4 is 17.1 Å². The molecular weight excluding hydrogens is 378 g/mol. The van der Waals surface area contributed by atoms with Crippen LogP contribution in [0.5, 0.6) is 0 Å². The van der Waals surface area contributed by atoms with Gasteiger partial charge in [0.25, 0.3) is 17.1 Å². The van der Waals surface area contributed by atoms with E-state index in [2.05, 4.69) is 0 Å². The van der Waals surface area contributed by atoms with Gasteiger partial charge in [-0.1, -0.05) is 36.4 Å². The Labute approximate surface area is 164 Å². The third-order valence-electron chi connectivity index (χ3n) is 4.97. The number of rotatable bonds is 6. The minimum Gasteiger partial charge on any atom is -0.258 e. The summed E-state index contributed by atoms with van der Waals surface area (Å²) in [5.41, 5.74) is 1.05. The molecule has 0 amide bonds. The van der Waals surface area contributed by atoms with Crippen LogP contribution in [0.25, 0.3) is 0 Å². The maximum absolute atomic E-state index is 11.0. The number of nitro groups is 3. The van der Waals surface area contributed by atoms with Gasteiger partial charge >= 0.3 is 0 Å². The minimum atomic E-state index is -0.848. The van der Waals surface area contributed by atoms with E-state index < -0.39 is 20.2 Å². The fourth-order valence-corrected chi connectivity index (χ4v) is 3.25. The summed E-state index contributed by atoms with van der Waals surface area (Å²) in [5.74, 6) is 0. The van der Waals surface area contributed by atoms with Gasteiger partial charge in [0, 0.05) is 41.8 Å². The highest BCUT2D eigenvalue weighted by Gasteiger charge is 2.32. The molecule has 0 aliphatic heterocycles. The number of benzene rings is 3. The van der Waals surface area contributed by atoms with Crippen LogP contribution >= 0.6 is 0 Å². The van der Waals surface area contributed by atoms with Crippen molar-refractivity contribution in [3.8, 4) is 0 Å². The molecule has 146 valence electrons. The van der Waals surface area contributed by atoms with E-state index in [1.54, 1.807) is 36.4 Å². The Bertz CT molecular complexity index is 937. The van der Waals surface area contributed by atoms with Gasteiger partial charge in [0.15, 0.2) is 0 Å². The molecule has 0 atom stereocenters. The summed E-state index contributed by atoms with van der Waals surface area (Å²) in [5, 5.41) is 32.9. The number of hydrogen-bond acceptors (Lipinski definition) is 6. The summed E-state index contributed by atoms with van der Waals surface area (Å²) in [4.78, 5) is 31.4. The molecule has 3 aromatic carbocycles. The summed E-state index contributed by atoms with van der Waals surface area (Å²) >= 11 is 0. The first kappa shape index (κ1) is 19.6. The molecule has 0 saturated carbocycles. The normalized spacial score (nSPS) is 11.1. The van der Waals surface area contributed by atoms with Gasteiger partial charge in [0.05, 0.1) is 14.8 Å². The second kappa shape index (κ2) is 7.47. The molecule has 3 rings (SSSR count). The van der Waals surface area contributed by atoms with Gasteiger partial charge < -0.3 is 0 Å². The molecule has 0 N–H and O–H groups in total. The number of nitrogens with zero attached hydrogens (tertiary/aromatic N) is 3. The Hall–Kier alpha value is -4.14. The lowest BCUT2D eigenvalue weighted by atomic mass is 9.71. The van der Waals surface area contributed by atoms with Gasteiger partial charge in [-0.25, -0.2) is 0 Å². The molecule has 0 radical (unpaired) electrons. The van der Waals surface area contributed by atoms with Crippen LogP contribution < -0.4 is 0 Å². The van der Waals surface area contributed by atoms with E-state index in [9.17, 15) is 30.3 Å². The first-order chi connectivity index (χ1) is 13.7. The number of nitro benzene ring substituents is 3. The van der Waals surface area contributed by atoms with Gasteiger partial charge in [0.1, 0.15) is 0 Å². The lowest BCUT2D eigenvalue weighted by molar-refractivity contribution is -0.385. The van der Waals surface area contributed by atoms with E-state index in [4.69, 9.17) is 0 Å². The van der Waals surface area contributed by atoms with Crippen molar-refractivity contribution in [1.82, 2.24) is 0 Å². The van der Waals surface area contributed by atoms with Crippen LogP contribution in [0.15, 0.2) is 72.8 Å². The largest absolute Gasteiger partial charge is 0.269 e. The van der Waals surface area contributed by atoms with Gasteiger partial charge in [-0.3, -0.25) is 30.3 Å². The van der Waals surface area contributed by atoms with Crippen molar-refractivity contribution in [2.45, 2.75) is 12.3 Å². The Balaban J connectivity index is 2.18. The molecule has 0 aliphatic rings. The molecule has 0 fully saturated rings. The quantitative estimate of drug-likeness (QED) is 0.337. The van der Waals surface area contributed by atoms with Crippen molar-refractivity contribution in [3.05, 3.63) is 120 Å². The van der Waals surface area contributed by atoms with Crippen LogP contribution in [0.3, 0.4) is 0 Å². The minimum absolute atomic E-state index is 0.0662. The molecule has 29 heavy (non-hydrogen) atoms. The molecule has 0 bridgehead atoms. The molecular formula is C20H15N3O6. The average molecular weight is 393 g/mol. The highest BCUT2D eigenvalue weighted by atomic mass is 16.6. The molecule has 3 aromatic rings. The number of hydrogen-bond donors (Lipinski definition) is 0. The van der Waals surface area contributed by atoms with Crippen LogP contribution in [0.4, 0.5) is 17.1 Å². The Kier molecular flexibility index (Phi) is 5.05. The highest BCUT2D eigenvalue weighted by Crippen LogP contribution is 2.40. The summed E-state index contributed by atoms with van der Waals surface area (Å²) in [6, 6.07) is 17.9. The molecule has 0 spiro atoms. The summed E-state index contributed by atoms with van der Waals surface area (Å²) in [7, 11) is 0. The van der Waals surface area contributed by atoms with E-state index in [-0.39, 0.29) is 17.1 Å². The lowest BCUT2D eigenvalue weighted by Crippen LogP contribution is -2.25. The molecule has 9 nitrogen and oxygen atoms in total. The predicted octanol–water partition coefficient (Wildman–Crippen LogP) is 4.77. The van der Waals surface area contributed by atoms with Gasteiger partial charge in [-0.05, 0) is 23.6 Å². The Morgan fingerprint density at radius 3 is 0.897 bits per heavy atom. The summed E-state index contributed by atoms with van der Waals surface area (Å²) in [6.07, 6.45) is 0. The molecule has 9 heteroatoms. The highest BCUT2D eigenvalue weighted by molar-refractivity contribution is 5.53. The van der Waals surface area contributed by atoms with E-state index in [1.165, 1.54) is 36.4 Å². The lowest BCUT2D eigenvalue weighted by Gasteiger charge is -2.31. The first-order valence-electron chi connectivity index (χ1n) is 8.48. The smallest absolute Gasteiger partial charge is 0.258 e. The van der Waals surface area contributed by atoms with Crippen molar-refractivity contribution in [2.75, 3.05) is 0 Å². The van der Waals surface area contributed by atoms with Crippen LogP contribution in [0.2, 0.25) is 0 Å². The van der Waals surface area contributed by atoms with Crippen LogP contribution in [0.1, 0.15) is 23.6 Å². The molecule has 0 aliphatic carbocycles. The van der Waals surface area contributed by atoms with Crippen molar-refractivity contribution in [2.24, 2.45) is 0 Å². The molecule has 0 heterocycles. The molecule has 0 saturated heterocycles. The third-order valence-corrected chi connectivity index (χ3v) is 4.97. The maximum Gasteiger partial charge on any atom is 0.269 e. The van der Waals surface area contributed by atoms with Crippen LogP contribution in [-0.4, -0.2) is 14.8 Å². The topological polar surface area (TPSA) is 129 Å². The fourth-order valence-electron chi connectivity index (χ4n) is 3.25. The van der Waals surface area contributed by atoms with E-state index in [0.29, 0.717) is 16.7 Å². The zero-order valence-electron chi connectivity index (χ0n) is 15.2. The standard InChI is InChI=1S/C20H15N3O6/c1-20(14-2-8-17(9-3-14)21(24)25,15-4-10-18(11-5-15)22(26)27)16-6-12-19(13-7-16)23(28)29/h2-13H,1H3. The maximum atomic E-state index is 11.0. The second-order valence-electron chi connectivity index (χ2n) is 6.54. The zero-order chi connectivity index (χ0) is 21.2. The summed E-state index contributed by atoms with van der Waals surface area (Å²) in [6.45, 7) is 1.86. The molecule has 0 aromatic heterocycles. The fraction of sp³-hybridized carbons (Fsp3) is 0.100. The average Bonchev–Trinajstić information content (AvgIpc) is 2.73. The van der Waals surface area contributed by atoms with Gasteiger partial charge in [-0.2, -0.15) is 0 Å². The van der Waals surface area contributed by atoms with Crippen LogP contribution in [0, 0.1) is 30.3 Å². The van der Waals surface area contributed by atoms with E-state index in [0.717, 1.165) is 0 Å². The SMILES string of the molecule is CC(c1ccc([N+](=O)[O-])cc1)(c1ccc([N+](=O)[O-])cc1)c1ccc([N+](=O)[O-])cc1. The Morgan fingerprint density at radius 2 is 0.724 bits per heavy atom. The third kappa shape index (κ3) is 3.65. The predicted molar refractivity (Wildman–Crippen MR) is 105 cm³/mol.